The Hall–Kier alpha value is -1.93. The van der Waals surface area contributed by atoms with Crippen molar-refractivity contribution in [1.29, 1.82) is 0 Å². The summed E-state index contributed by atoms with van der Waals surface area (Å²) in [5.41, 5.74) is -0.227. The summed E-state index contributed by atoms with van der Waals surface area (Å²) in [5.74, 6) is -1.90. The highest BCUT2D eigenvalue weighted by Crippen LogP contribution is 2.31. The molecule has 148 valence electrons. The van der Waals surface area contributed by atoms with E-state index in [1.807, 2.05) is 6.92 Å². The van der Waals surface area contributed by atoms with E-state index in [0.29, 0.717) is 32.2 Å². The van der Waals surface area contributed by atoms with Gasteiger partial charge in [-0.25, -0.2) is 13.2 Å². The number of aliphatic carboxylic acids is 1. The number of carboxylic acids is 1. The molecule has 1 amide bonds. The zero-order valence-corrected chi connectivity index (χ0v) is 16.3. The molecule has 2 aliphatic rings. The highest BCUT2D eigenvalue weighted by Gasteiger charge is 2.44. The van der Waals surface area contributed by atoms with Gasteiger partial charge >= 0.3 is 5.97 Å². The Kier molecular flexibility index (Phi) is 5.58. The van der Waals surface area contributed by atoms with Crippen molar-refractivity contribution in [3.63, 3.8) is 0 Å². The van der Waals surface area contributed by atoms with E-state index in [0.717, 1.165) is 18.4 Å². The van der Waals surface area contributed by atoms with Crippen LogP contribution in [-0.2, 0) is 19.6 Å². The van der Waals surface area contributed by atoms with Crippen LogP contribution in [0.5, 0.6) is 0 Å². The lowest BCUT2D eigenvalue weighted by atomic mass is 9.93. The highest BCUT2D eigenvalue weighted by atomic mass is 32.2. The van der Waals surface area contributed by atoms with Crippen molar-refractivity contribution in [3.8, 4) is 0 Å². The number of sulfonamides is 1. The van der Waals surface area contributed by atoms with Crippen molar-refractivity contribution in [2.24, 2.45) is 5.92 Å². The minimum atomic E-state index is -3.67. The zero-order valence-electron chi connectivity index (χ0n) is 15.5. The van der Waals surface area contributed by atoms with Gasteiger partial charge in [0.2, 0.25) is 15.9 Å². The number of hydrogen-bond acceptors (Lipinski definition) is 4. The first-order valence-electron chi connectivity index (χ1n) is 9.37. The Labute approximate surface area is 159 Å². The monoisotopic (exact) mass is 394 g/mol. The van der Waals surface area contributed by atoms with E-state index in [1.54, 1.807) is 24.3 Å². The molecular formula is C19H26N2O5S. The van der Waals surface area contributed by atoms with E-state index in [9.17, 15) is 23.1 Å². The van der Waals surface area contributed by atoms with Crippen LogP contribution < -0.4 is 5.32 Å². The summed E-state index contributed by atoms with van der Waals surface area (Å²) in [6, 6.07) is 6.65. The lowest BCUT2D eigenvalue weighted by molar-refractivity contribution is -0.148. The fourth-order valence-corrected chi connectivity index (χ4v) is 5.47. The van der Waals surface area contributed by atoms with Crippen LogP contribution in [0.25, 0.3) is 0 Å². The summed E-state index contributed by atoms with van der Waals surface area (Å²) in [6.45, 7) is 2.33. The number of carboxylic acid groups (broad SMARTS) is 1. The molecule has 0 spiro atoms. The number of carbonyl (C=O) groups excluding carboxylic acids is 1. The Bertz CT molecular complexity index is 813. The van der Waals surface area contributed by atoms with Crippen LogP contribution in [0.2, 0.25) is 0 Å². The van der Waals surface area contributed by atoms with Gasteiger partial charge in [0.1, 0.15) is 5.54 Å². The van der Waals surface area contributed by atoms with Gasteiger partial charge in [-0.2, -0.15) is 4.31 Å². The first kappa shape index (κ1) is 19.8. The normalized spacial score (nSPS) is 23.1. The number of amides is 1. The quantitative estimate of drug-likeness (QED) is 0.794. The molecule has 3 rings (SSSR count). The molecule has 27 heavy (non-hydrogen) atoms. The maximum absolute atomic E-state index is 12.9. The van der Waals surface area contributed by atoms with Gasteiger partial charge in [-0.3, -0.25) is 4.79 Å². The molecule has 2 N–H and O–H groups in total. The summed E-state index contributed by atoms with van der Waals surface area (Å²) >= 11 is 0. The second kappa shape index (κ2) is 7.59. The van der Waals surface area contributed by atoms with Crippen molar-refractivity contribution >= 4 is 21.9 Å². The molecule has 0 aromatic heterocycles. The standard InChI is InChI=1S/C19H26N2O5S/c1-14-6-8-16(9-7-14)27(25,26)21-12-4-5-15(13-21)17(22)20-19(18(23)24)10-2-3-11-19/h6-9,15H,2-5,10-13H2,1H3,(H,20,22)(H,23,24). The molecule has 1 unspecified atom stereocenters. The van der Waals surface area contributed by atoms with Crippen LogP contribution >= 0.6 is 0 Å². The maximum atomic E-state index is 12.9. The lowest BCUT2D eigenvalue weighted by Gasteiger charge is -2.33. The fourth-order valence-electron chi connectivity index (χ4n) is 3.94. The molecule has 1 saturated heterocycles. The van der Waals surface area contributed by atoms with E-state index < -0.39 is 27.4 Å². The minimum Gasteiger partial charge on any atom is -0.480 e. The number of piperidine rings is 1. The lowest BCUT2D eigenvalue weighted by Crippen LogP contribution is -2.56. The van der Waals surface area contributed by atoms with E-state index >= 15 is 0 Å². The van der Waals surface area contributed by atoms with E-state index in [-0.39, 0.29) is 17.3 Å². The molecule has 1 aromatic rings. The van der Waals surface area contributed by atoms with Gasteiger partial charge < -0.3 is 10.4 Å². The zero-order chi connectivity index (χ0) is 19.7. The van der Waals surface area contributed by atoms with E-state index in [1.165, 1.54) is 4.31 Å². The Morgan fingerprint density at radius 3 is 2.37 bits per heavy atom. The number of benzene rings is 1. The van der Waals surface area contributed by atoms with Crippen LogP contribution in [0.15, 0.2) is 29.2 Å². The van der Waals surface area contributed by atoms with E-state index in [2.05, 4.69) is 5.32 Å². The summed E-state index contributed by atoms with van der Waals surface area (Å²) in [5, 5.41) is 12.3. The SMILES string of the molecule is Cc1ccc(S(=O)(=O)N2CCCC(C(=O)NC3(C(=O)O)CCCC3)C2)cc1. The molecule has 0 bridgehead atoms. The molecule has 1 aliphatic heterocycles. The summed E-state index contributed by atoms with van der Waals surface area (Å²) in [4.78, 5) is 24.6. The van der Waals surface area contributed by atoms with Crippen LogP contribution in [0, 0.1) is 12.8 Å². The topological polar surface area (TPSA) is 104 Å². The Morgan fingerprint density at radius 1 is 1.15 bits per heavy atom. The van der Waals surface area contributed by atoms with Crippen LogP contribution in [-0.4, -0.2) is 48.3 Å². The minimum absolute atomic E-state index is 0.0811. The van der Waals surface area contributed by atoms with Gasteiger partial charge in [0.25, 0.3) is 0 Å². The van der Waals surface area contributed by atoms with Gasteiger partial charge in [-0.05, 0) is 44.7 Å². The molecule has 2 fully saturated rings. The molecule has 1 heterocycles. The van der Waals surface area contributed by atoms with Gasteiger partial charge in [-0.1, -0.05) is 30.5 Å². The third-order valence-electron chi connectivity index (χ3n) is 5.64. The van der Waals surface area contributed by atoms with Crippen LogP contribution in [0.3, 0.4) is 0 Å². The highest BCUT2D eigenvalue weighted by molar-refractivity contribution is 7.89. The average Bonchev–Trinajstić information content (AvgIpc) is 3.12. The van der Waals surface area contributed by atoms with Crippen molar-refractivity contribution < 1.29 is 23.1 Å². The van der Waals surface area contributed by atoms with Crippen molar-refractivity contribution in [3.05, 3.63) is 29.8 Å². The maximum Gasteiger partial charge on any atom is 0.329 e. The second-order valence-corrected chi connectivity index (χ2v) is 9.54. The summed E-state index contributed by atoms with van der Waals surface area (Å²) in [7, 11) is -3.67. The summed E-state index contributed by atoms with van der Waals surface area (Å²) in [6.07, 6.45) is 3.51. The van der Waals surface area contributed by atoms with E-state index in [4.69, 9.17) is 0 Å². The average molecular weight is 394 g/mol. The first-order chi connectivity index (χ1) is 12.7. The van der Waals surface area contributed by atoms with Gasteiger partial charge in [0.05, 0.1) is 10.8 Å². The number of rotatable bonds is 5. The number of hydrogen-bond donors (Lipinski definition) is 2. The van der Waals surface area contributed by atoms with Crippen molar-refractivity contribution in [2.75, 3.05) is 13.1 Å². The van der Waals surface area contributed by atoms with Crippen LogP contribution in [0.1, 0.15) is 44.1 Å². The number of carbonyl (C=O) groups is 2. The third-order valence-corrected chi connectivity index (χ3v) is 7.52. The number of nitrogens with zero attached hydrogens (tertiary/aromatic N) is 1. The third kappa shape index (κ3) is 4.01. The molecular weight excluding hydrogens is 368 g/mol. The first-order valence-corrected chi connectivity index (χ1v) is 10.8. The molecule has 8 heteroatoms. The smallest absolute Gasteiger partial charge is 0.329 e. The number of nitrogens with one attached hydrogen (secondary N) is 1. The molecule has 1 aliphatic carbocycles. The van der Waals surface area contributed by atoms with Crippen LogP contribution in [0.4, 0.5) is 0 Å². The molecule has 1 saturated carbocycles. The Balaban J connectivity index is 1.73. The molecule has 1 atom stereocenters. The van der Waals surface area contributed by atoms with Gasteiger partial charge in [-0.15, -0.1) is 0 Å². The van der Waals surface area contributed by atoms with Crippen molar-refractivity contribution in [2.45, 2.75) is 55.9 Å². The largest absolute Gasteiger partial charge is 0.480 e. The predicted molar refractivity (Wildman–Crippen MR) is 99.6 cm³/mol. The molecule has 7 nitrogen and oxygen atoms in total. The number of aryl methyl sites for hydroxylation is 1. The van der Waals surface area contributed by atoms with Gasteiger partial charge in [0.15, 0.2) is 0 Å². The van der Waals surface area contributed by atoms with Crippen molar-refractivity contribution in [1.82, 2.24) is 9.62 Å². The van der Waals surface area contributed by atoms with Gasteiger partial charge in [0, 0.05) is 13.1 Å². The predicted octanol–water partition coefficient (Wildman–Crippen LogP) is 1.91. The fraction of sp³-hybridized carbons (Fsp3) is 0.579. The summed E-state index contributed by atoms with van der Waals surface area (Å²) < 4.78 is 27.1. The molecule has 0 radical (unpaired) electrons. The molecule has 1 aromatic carbocycles. The second-order valence-electron chi connectivity index (χ2n) is 7.60. The Morgan fingerprint density at radius 2 is 1.78 bits per heavy atom.